The molecule has 0 rings (SSSR count). The van der Waals surface area contributed by atoms with Gasteiger partial charge in [-0.25, -0.2) is 4.57 Å². The smallest absolute Gasteiger partial charge is 0.457 e. The van der Waals surface area contributed by atoms with Crippen molar-refractivity contribution >= 4 is 13.8 Å². The predicted molar refractivity (Wildman–Crippen MR) is 187 cm³/mol. The van der Waals surface area contributed by atoms with Crippen LogP contribution in [0.25, 0.3) is 0 Å². The Morgan fingerprint density at radius 1 is 0.689 bits per heavy atom. The van der Waals surface area contributed by atoms with E-state index >= 15 is 0 Å². The summed E-state index contributed by atoms with van der Waals surface area (Å²) in [6, 6.07) is 0. The number of unbranched alkanes of at least 4 members (excludes halogenated alkanes) is 9. The number of rotatable bonds is 32. The average Bonchev–Trinajstić information content (AvgIpc) is 3.03. The number of phosphoric ester groups is 1. The van der Waals surface area contributed by atoms with E-state index in [0.717, 1.165) is 83.5 Å². The highest BCUT2D eigenvalue weighted by atomic mass is 31.2. The average molecular weight is 654 g/mol. The summed E-state index contributed by atoms with van der Waals surface area (Å²) < 4.78 is 33.0. The lowest BCUT2D eigenvalue weighted by atomic mass is 10.1. The molecule has 0 aliphatic rings. The Bertz CT molecular complexity index is 869. The third-order valence-electron chi connectivity index (χ3n) is 6.70. The minimum atomic E-state index is -4.27. The molecule has 0 heterocycles. The number of ether oxygens (including phenoxy) is 2. The molecule has 2 atom stereocenters. The summed E-state index contributed by atoms with van der Waals surface area (Å²) in [6.45, 7) is 4.64. The molecule has 0 bridgehead atoms. The number of phosphoric acid groups is 1. The molecule has 8 nitrogen and oxygen atoms in total. The van der Waals surface area contributed by atoms with E-state index in [2.05, 4.69) is 74.6 Å². The van der Waals surface area contributed by atoms with Gasteiger partial charge in [0.1, 0.15) is 6.10 Å². The van der Waals surface area contributed by atoms with Crippen molar-refractivity contribution in [1.82, 2.24) is 0 Å². The minimum absolute atomic E-state index is 0.0933. The molecule has 260 valence electrons. The quantitative estimate of drug-likeness (QED) is 0.0319. The van der Waals surface area contributed by atoms with E-state index in [-0.39, 0.29) is 32.3 Å². The zero-order valence-electron chi connectivity index (χ0n) is 28.3. The standard InChI is InChI=1S/C36H64NO7P/c1-3-5-7-9-11-12-13-14-15-16-17-18-19-20-21-22-23-24-26-28-31-41-33-35(34-43-45(39,40)42-32-30-37)44-36(38)29-27-25-10-8-6-4-2/h5,7,11-12,14-15,17-18,20-21,35H,3-4,6,8-10,13,16,19,22-34,37H2,1-2H3,(H,39,40)/b7-5-,12-11-,15-14-,18-17-,21-20-. The first kappa shape index (κ1) is 43.2. The normalized spacial score (nSPS) is 14.5. The van der Waals surface area contributed by atoms with Gasteiger partial charge in [0.15, 0.2) is 0 Å². The Labute approximate surface area is 274 Å². The number of esters is 1. The van der Waals surface area contributed by atoms with Gasteiger partial charge < -0.3 is 20.1 Å². The molecule has 0 aliphatic heterocycles. The maximum Gasteiger partial charge on any atom is 0.472 e. The summed E-state index contributed by atoms with van der Waals surface area (Å²) in [5, 5.41) is 0. The van der Waals surface area contributed by atoms with Crippen LogP contribution in [0.4, 0.5) is 0 Å². The molecule has 0 aliphatic carbocycles. The van der Waals surface area contributed by atoms with E-state index in [0.29, 0.717) is 13.0 Å². The Morgan fingerprint density at radius 3 is 1.87 bits per heavy atom. The maximum absolute atomic E-state index is 12.3. The molecule has 9 heteroatoms. The summed E-state index contributed by atoms with van der Waals surface area (Å²) in [4.78, 5) is 22.1. The number of nitrogens with two attached hydrogens (primary N) is 1. The summed E-state index contributed by atoms with van der Waals surface area (Å²) in [6.07, 6.45) is 38.3. The van der Waals surface area contributed by atoms with Crippen molar-refractivity contribution in [2.24, 2.45) is 5.73 Å². The van der Waals surface area contributed by atoms with Gasteiger partial charge in [0, 0.05) is 19.6 Å². The molecule has 0 aromatic carbocycles. The number of allylic oxidation sites excluding steroid dienone is 10. The van der Waals surface area contributed by atoms with Crippen LogP contribution in [-0.2, 0) is 27.9 Å². The molecule has 2 unspecified atom stereocenters. The molecule has 0 aromatic rings. The second-order valence-corrected chi connectivity index (χ2v) is 12.5. The molecule has 0 fully saturated rings. The topological polar surface area (TPSA) is 117 Å². The fraction of sp³-hybridized carbons (Fsp3) is 0.694. The number of hydrogen-bond donors (Lipinski definition) is 2. The van der Waals surface area contributed by atoms with Crippen molar-refractivity contribution in [1.29, 1.82) is 0 Å². The zero-order valence-corrected chi connectivity index (χ0v) is 29.2. The van der Waals surface area contributed by atoms with Crippen LogP contribution in [0.5, 0.6) is 0 Å². The van der Waals surface area contributed by atoms with Crippen molar-refractivity contribution in [3.05, 3.63) is 60.8 Å². The van der Waals surface area contributed by atoms with Crippen LogP contribution in [0.15, 0.2) is 60.8 Å². The first-order chi connectivity index (χ1) is 21.9. The molecular weight excluding hydrogens is 589 g/mol. The summed E-state index contributed by atoms with van der Waals surface area (Å²) in [5.41, 5.74) is 5.32. The zero-order chi connectivity index (χ0) is 33.1. The van der Waals surface area contributed by atoms with Crippen LogP contribution in [-0.4, -0.2) is 49.9 Å². The number of hydrogen-bond acceptors (Lipinski definition) is 7. The molecular formula is C36H64NO7P. The number of carbonyl (C=O) groups excluding carboxylic acids is 1. The lowest BCUT2D eigenvalue weighted by Gasteiger charge is -2.20. The van der Waals surface area contributed by atoms with Crippen molar-refractivity contribution < 1.29 is 32.8 Å². The van der Waals surface area contributed by atoms with Crippen LogP contribution in [0.1, 0.15) is 123 Å². The van der Waals surface area contributed by atoms with Crippen molar-refractivity contribution in [2.45, 2.75) is 129 Å². The van der Waals surface area contributed by atoms with Crippen molar-refractivity contribution in [2.75, 3.05) is 33.0 Å². The highest BCUT2D eigenvalue weighted by molar-refractivity contribution is 7.47. The third-order valence-corrected chi connectivity index (χ3v) is 7.68. The second kappa shape index (κ2) is 33.6. The Balaban J connectivity index is 4.07. The lowest BCUT2D eigenvalue weighted by molar-refractivity contribution is -0.154. The van der Waals surface area contributed by atoms with Gasteiger partial charge in [-0.3, -0.25) is 13.8 Å². The minimum Gasteiger partial charge on any atom is -0.457 e. The SMILES string of the molecule is CC/C=C\C/C=C\C/C=C\C/C=C\C/C=C\CCCCCCOCC(COP(=O)(O)OCCN)OC(=O)CCCCCCCC. The van der Waals surface area contributed by atoms with Gasteiger partial charge >= 0.3 is 13.8 Å². The number of carbonyl (C=O) groups is 1. The van der Waals surface area contributed by atoms with Crippen LogP contribution >= 0.6 is 7.82 Å². The van der Waals surface area contributed by atoms with Crippen molar-refractivity contribution in [3.63, 3.8) is 0 Å². The van der Waals surface area contributed by atoms with Crippen molar-refractivity contribution in [3.8, 4) is 0 Å². The highest BCUT2D eigenvalue weighted by Gasteiger charge is 2.25. The lowest BCUT2D eigenvalue weighted by Crippen LogP contribution is -2.28. The van der Waals surface area contributed by atoms with E-state index in [1.807, 2.05) is 0 Å². The van der Waals surface area contributed by atoms with E-state index < -0.39 is 13.9 Å². The monoisotopic (exact) mass is 653 g/mol. The first-order valence-electron chi connectivity index (χ1n) is 17.3. The van der Waals surface area contributed by atoms with Gasteiger partial charge in [0.05, 0.1) is 19.8 Å². The fourth-order valence-electron chi connectivity index (χ4n) is 4.20. The van der Waals surface area contributed by atoms with Gasteiger partial charge in [0.25, 0.3) is 0 Å². The van der Waals surface area contributed by atoms with Gasteiger partial charge in [0.2, 0.25) is 0 Å². The van der Waals surface area contributed by atoms with E-state index in [1.165, 1.54) is 19.3 Å². The Hall–Kier alpha value is -1.80. The predicted octanol–water partition coefficient (Wildman–Crippen LogP) is 9.46. The molecule has 0 radical (unpaired) electrons. The molecule has 45 heavy (non-hydrogen) atoms. The summed E-state index contributed by atoms with van der Waals surface area (Å²) in [7, 11) is -4.27. The molecule has 0 saturated heterocycles. The maximum atomic E-state index is 12.3. The van der Waals surface area contributed by atoms with Gasteiger partial charge in [-0.05, 0) is 57.8 Å². The van der Waals surface area contributed by atoms with E-state index in [1.54, 1.807) is 0 Å². The second-order valence-electron chi connectivity index (χ2n) is 11.0. The molecule has 0 spiro atoms. The van der Waals surface area contributed by atoms with Crippen LogP contribution < -0.4 is 5.73 Å². The largest absolute Gasteiger partial charge is 0.472 e. The van der Waals surface area contributed by atoms with Crippen LogP contribution in [0, 0.1) is 0 Å². The Morgan fingerprint density at radius 2 is 1.24 bits per heavy atom. The first-order valence-corrected chi connectivity index (χ1v) is 18.8. The Kier molecular flexibility index (Phi) is 32.2. The van der Waals surface area contributed by atoms with E-state index in [4.69, 9.17) is 24.3 Å². The highest BCUT2D eigenvalue weighted by Crippen LogP contribution is 2.43. The summed E-state index contributed by atoms with van der Waals surface area (Å²) in [5.74, 6) is -0.353. The molecule has 0 aromatic heterocycles. The van der Waals surface area contributed by atoms with Gasteiger partial charge in [-0.2, -0.15) is 0 Å². The molecule has 0 amide bonds. The van der Waals surface area contributed by atoms with E-state index in [9.17, 15) is 14.3 Å². The van der Waals surface area contributed by atoms with Gasteiger partial charge in [-0.1, -0.05) is 120 Å². The fourth-order valence-corrected chi connectivity index (χ4v) is 4.96. The van der Waals surface area contributed by atoms with Gasteiger partial charge in [-0.15, -0.1) is 0 Å². The summed E-state index contributed by atoms with van der Waals surface area (Å²) >= 11 is 0. The molecule has 0 saturated carbocycles. The van der Waals surface area contributed by atoms with Crippen LogP contribution in [0.2, 0.25) is 0 Å². The third kappa shape index (κ3) is 33.4. The van der Waals surface area contributed by atoms with Crippen LogP contribution in [0.3, 0.4) is 0 Å². The molecule has 3 N–H and O–H groups in total.